The van der Waals surface area contributed by atoms with Gasteiger partial charge < -0.3 is 14.8 Å². The molecule has 7 heteroatoms. The average Bonchev–Trinajstić information content (AvgIpc) is 2.55. The standard InChI is InChI=1S/C16H19N3O4/c1-4-23-13-7-5-11(9-14(13)22-3)10(2)17-16(21)12-6-8-15(20)19-18-12/h5-10H,4H2,1-3H3,(H,17,21)(H,19,20). The third-order valence-corrected chi connectivity index (χ3v) is 3.25. The summed E-state index contributed by atoms with van der Waals surface area (Å²) in [6.45, 7) is 4.28. The third kappa shape index (κ3) is 4.09. The summed E-state index contributed by atoms with van der Waals surface area (Å²) in [5, 5.41) is 8.75. The molecule has 0 saturated carbocycles. The smallest absolute Gasteiger partial charge is 0.272 e. The largest absolute Gasteiger partial charge is 0.493 e. The number of H-pyrrole nitrogens is 1. The van der Waals surface area contributed by atoms with Crippen molar-refractivity contribution in [3.05, 3.63) is 51.9 Å². The summed E-state index contributed by atoms with van der Waals surface area (Å²) < 4.78 is 10.8. The first kappa shape index (κ1) is 16.5. The number of rotatable bonds is 6. The van der Waals surface area contributed by atoms with Crippen molar-refractivity contribution in [2.75, 3.05) is 13.7 Å². The summed E-state index contributed by atoms with van der Waals surface area (Å²) in [6.07, 6.45) is 0. The maximum Gasteiger partial charge on any atom is 0.272 e. The fourth-order valence-electron chi connectivity index (χ4n) is 2.05. The van der Waals surface area contributed by atoms with E-state index in [1.54, 1.807) is 13.2 Å². The van der Waals surface area contributed by atoms with E-state index in [0.717, 1.165) is 5.56 Å². The predicted molar refractivity (Wildman–Crippen MR) is 84.9 cm³/mol. The van der Waals surface area contributed by atoms with Gasteiger partial charge in [0.15, 0.2) is 11.5 Å². The van der Waals surface area contributed by atoms with Crippen LogP contribution >= 0.6 is 0 Å². The molecular formula is C16H19N3O4. The summed E-state index contributed by atoms with van der Waals surface area (Å²) in [5.74, 6) is 0.883. The number of carbonyl (C=O) groups is 1. The van der Waals surface area contributed by atoms with Crippen LogP contribution in [0.3, 0.4) is 0 Å². The Kier molecular flexibility index (Phi) is 5.35. The molecule has 1 unspecified atom stereocenters. The van der Waals surface area contributed by atoms with Crippen molar-refractivity contribution < 1.29 is 14.3 Å². The van der Waals surface area contributed by atoms with E-state index in [-0.39, 0.29) is 23.2 Å². The maximum atomic E-state index is 12.1. The highest BCUT2D eigenvalue weighted by Crippen LogP contribution is 2.30. The summed E-state index contributed by atoms with van der Waals surface area (Å²) in [5.41, 5.74) is 0.656. The lowest BCUT2D eigenvalue weighted by atomic mass is 10.1. The van der Waals surface area contributed by atoms with Gasteiger partial charge in [-0.1, -0.05) is 6.07 Å². The first-order valence-electron chi connectivity index (χ1n) is 7.22. The minimum atomic E-state index is -0.374. The van der Waals surface area contributed by atoms with Crippen molar-refractivity contribution >= 4 is 5.91 Å². The Labute approximate surface area is 133 Å². The molecule has 0 saturated heterocycles. The predicted octanol–water partition coefficient (Wildman–Crippen LogP) is 1.67. The number of nitrogens with one attached hydrogen (secondary N) is 2. The fraction of sp³-hybridized carbons (Fsp3) is 0.312. The second-order valence-electron chi connectivity index (χ2n) is 4.84. The topological polar surface area (TPSA) is 93.3 Å². The van der Waals surface area contributed by atoms with Crippen LogP contribution in [0.5, 0.6) is 11.5 Å². The molecule has 1 atom stereocenters. The number of aromatic amines is 1. The minimum Gasteiger partial charge on any atom is -0.493 e. The normalized spacial score (nSPS) is 11.6. The van der Waals surface area contributed by atoms with E-state index in [4.69, 9.17) is 9.47 Å². The highest BCUT2D eigenvalue weighted by molar-refractivity contribution is 5.92. The van der Waals surface area contributed by atoms with Crippen LogP contribution in [0.25, 0.3) is 0 Å². The van der Waals surface area contributed by atoms with Crippen LogP contribution in [0, 0.1) is 0 Å². The van der Waals surface area contributed by atoms with Crippen molar-refractivity contribution in [1.82, 2.24) is 15.5 Å². The van der Waals surface area contributed by atoms with E-state index < -0.39 is 0 Å². The summed E-state index contributed by atoms with van der Waals surface area (Å²) in [6, 6.07) is 7.85. The van der Waals surface area contributed by atoms with E-state index in [0.29, 0.717) is 18.1 Å². The Morgan fingerprint density at radius 2 is 2.09 bits per heavy atom. The van der Waals surface area contributed by atoms with Crippen LogP contribution in [-0.4, -0.2) is 29.8 Å². The van der Waals surface area contributed by atoms with E-state index in [1.165, 1.54) is 12.1 Å². The SMILES string of the molecule is CCOc1ccc(C(C)NC(=O)c2ccc(=O)[nH]n2)cc1OC. The van der Waals surface area contributed by atoms with Crippen molar-refractivity contribution in [2.45, 2.75) is 19.9 Å². The van der Waals surface area contributed by atoms with E-state index in [9.17, 15) is 9.59 Å². The summed E-state index contributed by atoms with van der Waals surface area (Å²) in [4.78, 5) is 23.1. The number of aromatic nitrogens is 2. The molecule has 23 heavy (non-hydrogen) atoms. The molecule has 0 spiro atoms. The molecule has 2 aromatic rings. The van der Waals surface area contributed by atoms with Gasteiger partial charge in [-0.25, -0.2) is 5.10 Å². The number of benzene rings is 1. The number of methoxy groups -OCH3 is 1. The molecule has 1 amide bonds. The number of hydrogen-bond donors (Lipinski definition) is 2. The Bertz CT molecular complexity index is 722. The summed E-state index contributed by atoms with van der Waals surface area (Å²) >= 11 is 0. The number of amides is 1. The Hall–Kier alpha value is -2.83. The molecule has 1 aromatic carbocycles. The molecule has 0 aliphatic carbocycles. The van der Waals surface area contributed by atoms with E-state index >= 15 is 0 Å². The first-order valence-corrected chi connectivity index (χ1v) is 7.22. The number of ether oxygens (including phenoxy) is 2. The van der Waals surface area contributed by atoms with Gasteiger partial charge in [-0.15, -0.1) is 0 Å². The van der Waals surface area contributed by atoms with Crippen LogP contribution < -0.4 is 20.3 Å². The highest BCUT2D eigenvalue weighted by atomic mass is 16.5. The van der Waals surface area contributed by atoms with Crippen molar-refractivity contribution in [3.63, 3.8) is 0 Å². The second-order valence-corrected chi connectivity index (χ2v) is 4.84. The van der Waals surface area contributed by atoms with Gasteiger partial charge >= 0.3 is 0 Å². The quantitative estimate of drug-likeness (QED) is 0.845. The lowest BCUT2D eigenvalue weighted by Crippen LogP contribution is -2.28. The average molecular weight is 317 g/mol. The maximum absolute atomic E-state index is 12.1. The molecule has 0 aliphatic heterocycles. The molecule has 0 fully saturated rings. The van der Waals surface area contributed by atoms with Gasteiger partial charge in [0.05, 0.1) is 19.8 Å². The van der Waals surface area contributed by atoms with Crippen molar-refractivity contribution in [1.29, 1.82) is 0 Å². The zero-order valence-corrected chi connectivity index (χ0v) is 13.3. The van der Waals surface area contributed by atoms with Crippen molar-refractivity contribution in [2.24, 2.45) is 0 Å². The lowest BCUT2D eigenvalue weighted by Gasteiger charge is -2.16. The Morgan fingerprint density at radius 1 is 1.30 bits per heavy atom. The van der Waals surface area contributed by atoms with Gasteiger partial charge in [0.2, 0.25) is 0 Å². The number of carbonyl (C=O) groups excluding carboxylic acids is 1. The molecule has 1 aromatic heterocycles. The van der Waals surface area contributed by atoms with Crippen molar-refractivity contribution in [3.8, 4) is 11.5 Å². The van der Waals surface area contributed by atoms with Gasteiger partial charge in [0.25, 0.3) is 11.5 Å². The zero-order valence-electron chi connectivity index (χ0n) is 13.3. The summed E-state index contributed by atoms with van der Waals surface area (Å²) in [7, 11) is 1.56. The van der Waals surface area contributed by atoms with E-state index in [2.05, 4.69) is 15.5 Å². The van der Waals surface area contributed by atoms with Crippen LogP contribution in [0.4, 0.5) is 0 Å². The third-order valence-electron chi connectivity index (χ3n) is 3.25. The van der Waals surface area contributed by atoms with Gasteiger partial charge in [-0.2, -0.15) is 5.10 Å². The minimum absolute atomic E-state index is 0.148. The molecule has 0 bridgehead atoms. The fourth-order valence-corrected chi connectivity index (χ4v) is 2.05. The molecule has 122 valence electrons. The molecule has 7 nitrogen and oxygen atoms in total. The van der Waals surface area contributed by atoms with Gasteiger partial charge in [-0.3, -0.25) is 9.59 Å². The highest BCUT2D eigenvalue weighted by Gasteiger charge is 2.15. The second kappa shape index (κ2) is 7.44. The van der Waals surface area contributed by atoms with Crippen LogP contribution in [0.2, 0.25) is 0 Å². The Morgan fingerprint density at radius 3 is 2.70 bits per heavy atom. The van der Waals surface area contributed by atoms with E-state index in [1.807, 2.05) is 26.0 Å². The number of nitrogens with zero attached hydrogens (tertiary/aromatic N) is 1. The molecule has 1 heterocycles. The first-order chi connectivity index (χ1) is 11.0. The van der Waals surface area contributed by atoms with Gasteiger partial charge in [-0.05, 0) is 37.6 Å². The van der Waals surface area contributed by atoms with Crippen LogP contribution in [-0.2, 0) is 0 Å². The number of hydrogen-bond acceptors (Lipinski definition) is 5. The van der Waals surface area contributed by atoms with Gasteiger partial charge in [0.1, 0.15) is 5.69 Å². The Balaban J connectivity index is 2.13. The molecule has 2 rings (SSSR count). The lowest BCUT2D eigenvalue weighted by molar-refractivity contribution is 0.0933. The van der Waals surface area contributed by atoms with Gasteiger partial charge in [0, 0.05) is 6.07 Å². The molecule has 2 N–H and O–H groups in total. The molecule has 0 aliphatic rings. The van der Waals surface area contributed by atoms with Crippen LogP contribution in [0.1, 0.15) is 35.9 Å². The van der Waals surface area contributed by atoms with Crippen LogP contribution in [0.15, 0.2) is 35.1 Å². The monoisotopic (exact) mass is 317 g/mol. The molecule has 0 radical (unpaired) electrons. The molecular weight excluding hydrogens is 298 g/mol. The zero-order chi connectivity index (χ0) is 16.8.